The van der Waals surface area contributed by atoms with Crippen molar-refractivity contribution in [2.24, 2.45) is 0 Å². The van der Waals surface area contributed by atoms with E-state index in [0.29, 0.717) is 30.0 Å². The monoisotopic (exact) mass is 402 g/mol. The smallest absolute Gasteiger partial charge is 0.274 e. The van der Waals surface area contributed by atoms with Gasteiger partial charge in [0.15, 0.2) is 0 Å². The Balaban J connectivity index is 1.59. The third kappa shape index (κ3) is 2.88. The molecule has 8 heteroatoms. The molecule has 1 aliphatic rings. The van der Waals surface area contributed by atoms with Gasteiger partial charge in [0.1, 0.15) is 12.0 Å². The van der Waals surface area contributed by atoms with Crippen LogP contribution < -0.4 is 16.2 Å². The summed E-state index contributed by atoms with van der Waals surface area (Å²) in [5, 5.41) is 0.797. The lowest BCUT2D eigenvalue weighted by Gasteiger charge is -2.35. The normalized spacial score (nSPS) is 14.6. The van der Waals surface area contributed by atoms with Crippen molar-refractivity contribution < 1.29 is 4.79 Å². The van der Waals surface area contributed by atoms with Crippen LogP contribution in [0.5, 0.6) is 0 Å². The number of aromatic nitrogens is 3. The number of para-hydroxylation sites is 1. The van der Waals surface area contributed by atoms with Crippen molar-refractivity contribution in [3.8, 4) is 5.69 Å². The van der Waals surface area contributed by atoms with E-state index < -0.39 is 0 Å². The number of nitrogens with zero attached hydrogens (tertiary/aromatic N) is 4. The number of carbonyl (C=O) groups is 1. The molecule has 0 bridgehead atoms. The maximum absolute atomic E-state index is 12.9. The van der Waals surface area contributed by atoms with Gasteiger partial charge in [-0.05, 0) is 24.3 Å². The van der Waals surface area contributed by atoms with Crippen LogP contribution in [0.2, 0.25) is 0 Å². The Morgan fingerprint density at radius 1 is 1.10 bits per heavy atom. The Kier molecular flexibility index (Phi) is 4.20. The summed E-state index contributed by atoms with van der Waals surface area (Å²) in [4.78, 5) is 35.9. The van der Waals surface area contributed by atoms with Gasteiger partial charge in [-0.1, -0.05) is 18.2 Å². The first-order chi connectivity index (χ1) is 14.5. The van der Waals surface area contributed by atoms with Crippen LogP contribution in [0.25, 0.3) is 27.6 Å². The molecule has 0 saturated carbocycles. The number of fused-ring (bicyclic) bond motifs is 2. The SMILES string of the molecule is CC(=O)N1CCN(c2ccc3ncn(-c4c(N)c5ccccc5[nH]c4=O)c3c2)CC1. The van der Waals surface area contributed by atoms with E-state index >= 15 is 0 Å². The van der Waals surface area contributed by atoms with Crippen molar-refractivity contribution in [2.45, 2.75) is 6.92 Å². The molecule has 1 amide bonds. The van der Waals surface area contributed by atoms with E-state index in [1.165, 1.54) is 0 Å². The molecule has 2 aromatic carbocycles. The maximum Gasteiger partial charge on any atom is 0.274 e. The zero-order valence-corrected chi connectivity index (χ0v) is 16.6. The first-order valence-electron chi connectivity index (χ1n) is 9.91. The average Bonchev–Trinajstić information content (AvgIpc) is 3.17. The zero-order valence-electron chi connectivity index (χ0n) is 16.6. The largest absolute Gasteiger partial charge is 0.396 e. The van der Waals surface area contributed by atoms with Gasteiger partial charge in [0, 0.05) is 44.2 Å². The minimum Gasteiger partial charge on any atom is -0.396 e. The van der Waals surface area contributed by atoms with Gasteiger partial charge in [0.2, 0.25) is 5.91 Å². The van der Waals surface area contributed by atoms with Gasteiger partial charge in [0.25, 0.3) is 5.56 Å². The Morgan fingerprint density at radius 2 is 1.87 bits per heavy atom. The van der Waals surface area contributed by atoms with Gasteiger partial charge >= 0.3 is 0 Å². The highest BCUT2D eigenvalue weighted by Gasteiger charge is 2.20. The molecule has 30 heavy (non-hydrogen) atoms. The fourth-order valence-corrected chi connectivity index (χ4v) is 4.15. The minimum absolute atomic E-state index is 0.106. The maximum atomic E-state index is 12.9. The Bertz CT molecular complexity index is 1330. The number of pyridine rings is 1. The number of rotatable bonds is 2. The van der Waals surface area contributed by atoms with E-state index in [1.54, 1.807) is 17.8 Å². The fourth-order valence-electron chi connectivity index (χ4n) is 4.15. The molecular formula is C22H22N6O2. The van der Waals surface area contributed by atoms with Gasteiger partial charge in [-0.25, -0.2) is 4.98 Å². The minimum atomic E-state index is -0.258. The molecule has 3 N–H and O–H groups in total. The Labute approximate surface area is 172 Å². The first kappa shape index (κ1) is 18.2. The molecule has 1 aliphatic heterocycles. The fraction of sp³-hybridized carbons (Fsp3) is 0.227. The number of piperazine rings is 1. The van der Waals surface area contributed by atoms with Crippen molar-refractivity contribution in [3.63, 3.8) is 0 Å². The average molecular weight is 402 g/mol. The molecule has 1 fully saturated rings. The van der Waals surface area contributed by atoms with Gasteiger partial charge in [0.05, 0.1) is 22.2 Å². The summed E-state index contributed by atoms with van der Waals surface area (Å²) in [6.07, 6.45) is 1.64. The molecule has 152 valence electrons. The predicted octanol–water partition coefficient (Wildman–Crippen LogP) is 2.12. The molecule has 1 saturated heterocycles. The van der Waals surface area contributed by atoms with Crippen LogP contribution in [0, 0.1) is 0 Å². The summed E-state index contributed by atoms with van der Waals surface area (Å²) in [7, 11) is 0. The number of anilines is 2. The summed E-state index contributed by atoms with van der Waals surface area (Å²) >= 11 is 0. The van der Waals surface area contributed by atoms with Crippen LogP contribution >= 0.6 is 0 Å². The number of carbonyl (C=O) groups excluding carboxylic acids is 1. The van der Waals surface area contributed by atoms with Gasteiger partial charge in [-0.3, -0.25) is 14.2 Å². The number of aromatic amines is 1. The standard InChI is InChI=1S/C22H22N6O2/c1-14(29)26-8-10-27(11-9-26)15-6-7-18-19(12-15)28(13-24-18)21-20(23)16-4-2-3-5-17(16)25-22(21)30/h2-7,12-13H,8-11H2,1H3,(H3,23,25,30). The zero-order chi connectivity index (χ0) is 20.8. The van der Waals surface area contributed by atoms with Gasteiger partial charge in [-0.2, -0.15) is 0 Å². The Morgan fingerprint density at radius 3 is 2.63 bits per heavy atom. The van der Waals surface area contributed by atoms with Crippen LogP contribution in [0.15, 0.2) is 53.6 Å². The third-order valence-electron chi connectivity index (χ3n) is 5.80. The van der Waals surface area contributed by atoms with Crippen LogP contribution in [-0.4, -0.2) is 51.5 Å². The molecule has 8 nitrogen and oxygen atoms in total. The van der Waals surface area contributed by atoms with Crippen molar-refractivity contribution >= 4 is 39.2 Å². The van der Waals surface area contributed by atoms with Crippen molar-refractivity contribution in [2.75, 3.05) is 36.8 Å². The van der Waals surface area contributed by atoms with Crippen molar-refractivity contribution in [1.82, 2.24) is 19.4 Å². The highest BCUT2D eigenvalue weighted by molar-refractivity contribution is 5.95. The second kappa shape index (κ2) is 6.91. The van der Waals surface area contributed by atoms with E-state index in [0.717, 1.165) is 35.2 Å². The summed E-state index contributed by atoms with van der Waals surface area (Å²) < 4.78 is 1.76. The Hall–Kier alpha value is -3.81. The molecule has 2 aromatic heterocycles. The second-order valence-electron chi connectivity index (χ2n) is 7.54. The highest BCUT2D eigenvalue weighted by Crippen LogP contribution is 2.28. The topological polar surface area (TPSA) is 100 Å². The van der Waals surface area contributed by atoms with E-state index in [4.69, 9.17) is 5.73 Å². The van der Waals surface area contributed by atoms with E-state index in [-0.39, 0.29) is 11.5 Å². The van der Waals surface area contributed by atoms with E-state index in [9.17, 15) is 9.59 Å². The number of amides is 1. The van der Waals surface area contributed by atoms with Crippen LogP contribution in [0.4, 0.5) is 11.4 Å². The lowest BCUT2D eigenvalue weighted by Crippen LogP contribution is -2.48. The van der Waals surface area contributed by atoms with Crippen LogP contribution in [-0.2, 0) is 4.79 Å². The number of nitrogens with two attached hydrogens (primary N) is 1. The highest BCUT2D eigenvalue weighted by atomic mass is 16.2. The number of nitrogen functional groups attached to an aromatic ring is 1. The predicted molar refractivity (Wildman–Crippen MR) is 118 cm³/mol. The van der Waals surface area contributed by atoms with Gasteiger partial charge < -0.3 is 20.5 Å². The number of H-pyrrole nitrogens is 1. The molecule has 4 aromatic rings. The number of imidazole rings is 1. The molecule has 0 unspecified atom stereocenters. The summed E-state index contributed by atoms with van der Waals surface area (Å²) in [6, 6.07) is 13.5. The summed E-state index contributed by atoms with van der Waals surface area (Å²) in [5.41, 5.74) is 10.3. The first-order valence-corrected chi connectivity index (χ1v) is 9.91. The molecule has 0 radical (unpaired) electrons. The molecule has 0 aliphatic carbocycles. The molecule has 3 heterocycles. The van der Waals surface area contributed by atoms with Gasteiger partial charge in [-0.15, -0.1) is 0 Å². The summed E-state index contributed by atoms with van der Waals surface area (Å²) in [5.74, 6) is 0.106. The van der Waals surface area contributed by atoms with Crippen LogP contribution in [0.1, 0.15) is 6.92 Å². The number of hydrogen-bond acceptors (Lipinski definition) is 5. The second-order valence-corrected chi connectivity index (χ2v) is 7.54. The van der Waals surface area contributed by atoms with E-state index in [2.05, 4.69) is 14.9 Å². The van der Waals surface area contributed by atoms with Crippen LogP contribution in [0.3, 0.4) is 0 Å². The number of hydrogen-bond donors (Lipinski definition) is 2. The lowest BCUT2D eigenvalue weighted by molar-refractivity contribution is -0.129. The number of benzene rings is 2. The molecule has 0 atom stereocenters. The molecule has 5 rings (SSSR count). The summed E-state index contributed by atoms with van der Waals surface area (Å²) in [6.45, 7) is 4.52. The molecular weight excluding hydrogens is 380 g/mol. The third-order valence-corrected chi connectivity index (χ3v) is 5.80. The van der Waals surface area contributed by atoms with Crippen molar-refractivity contribution in [1.29, 1.82) is 0 Å². The molecule has 0 spiro atoms. The number of nitrogens with one attached hydrogen (secondary N) is 1. The lowest BCUT2D eigenvalue weighted by atomic mass is 10.1. The van der Waals surface area contributed by atoms with Crippen molar-refractivity contribution in [3.05, 3.63) is 59.1 Å². The quantitative estimate of drug-likeness (QED) is 0.535. The van der Waals surface area contributed by atoms with E-state index in [1.807, 2.05) is 47.4 Å².